The smallest absolute Gasteiger partial charge is 0.147 e. The van der Waals surface area contributed by atoms with Crippen LogP contribution < -0.4 is 5.32 Å². The van der Waals surface area contributed by atoms with Crippen LogP contribution in [0.15, 0.2) is 11.7 Å². The minimum Gasteiger partial charge on any atom is -0.369 e. The second-order valence-electron chi connectivity index (χ2n) is 3.95. The van der Waals surface area contributed by atoms with E-state index in [4.69, 9.17) is 0 Å². The summed E-state index contributed by atoms with van der Waals surface area (Å²) < 4.78 is 1.18. The average molecular weight is 267 g/mol. The summed E-state index contributed by atoms with van der Waals surface area (Å²) in [6, 6.07) is 0. The third kappa shape index (κ3) is 3.10. The van der Waals surface area contributed by atoms with Crippen LogP contribution in [0.3, 0.4) is 0 Å². The van der Waals surface area contributed by atoms with Crippen molar-refractivity contribution in [1.29, 1.82) is 0 Å². The molecule has 2 aromatic heterocycles. The van der Waals surface area contributed by atoms with E-state index in [0.29, 0.717) is 0 Å². The monoisotopic (exact) mass is 267 g/mol. The number of nitrogens with zero attached hydrogens (tertiary/aromatic N) is 2. The first kappa shape index (κ1) is 12.6. The predicted octanol–water partition coefficient (Wildman–Crippen LogP) is 3.55. The van der Waals surface area contributed by atoms with Crippen LogP contribution in [0.2, 0.25) is 0 Å². The first-order chi connectivity index (χ1) is 8.33. The fourth-order valence-electron chi connectivity index (χ4n) is 1.67. The number of aryl methyl sites for hydroxylation is 1. The maximum absolute atomic E-state index is 4.32. The Morgan fingerprint density at radius 2 is 2.24 bits per heavy atom. The number of anilines is 1. The van der Waals surface area contributed by atoms with Crippen molar-refractivity contribution in [3.63, 3.8) is 0 Å². The molecule has 1 N–H and O–H groups in total. The molecular weight excluding hydrogens is 250 g/mol. The second kappa shape index (κ2) is 6.21. The number of nitrogens with one attached hydrogen (secondary N) is 1. The molecule has 2 heterocycles. The summed E-state index contributed by atoms with van der Waals surface area (Å²) >= 11 is 3.62. The van der Waals surface area contributed by atoms with Crippen molar-refractivity contribution in [1.82, 2.24) is 9.97 Å². The van der Waals surface area contributed by atoms with E-state index < -0.39 is 0 Å². The molecule has 0 amide bonds. The number of thiophene rings is 1. The Kier molecular flexibility index (Phi) is 4.62. The Morgan fingerprint density at radius 1 is 1.35 bits per heavy atom. The Balaban J connectivity index is 1.99. The van der Waals surface area contributed by atoms with Crippen molar-refractivity contribution in [2.24, 2.45) is 0 Å². The van der Waals surface area contributed by atoms with Crippen molar-refractivity contribution < 1.29 is 0 Å². The van der Waals surface area contributed by atoms with E-state index in [9.17, 15) is 0 Å². The summed E-state index contributed by atoms with van der Waals surface area (Å²) in [5.74, 6) is 2.22. The van der Waals surface area contributed by atoms with E-state index in [-0.39, 0.29) is 0 Å². The van der Waals surface area contributed by atoms with Gasteiger partial charge in [0.05, 0.1) is 10.2 Å². The maximum Gasteiger partial charge on any atom is 0.147 e. The first-order valence-electron chi connectivity index (χ1n) is 5.74. The van der Waals surface area contributed by atoms with E-state index in [1.807, 2.05) is 11.8 Å². The average Bonchev–Trinajstić information content (AvgIpc) is 2.72. The fraction of sp³-hybridized carbons (Fsp3) is 0.500. The Morgan fingerprint density at radius 3 is 3.06 bits per heavy atom. The lowest BCUT2D eigenvalue weighted by atomic mass is 10.3. The highest BCUT2D eigenvalue weighted by molar-refractivity contribution is 7.98. The summed E-state index contributed by atoms with van der Waals surface area (Å²) in [6.07, 6.45) is 6.24. The van der Waals surface area contributed by atoms with Crippen LogP contribution >= 0.6 is 23.1 Å². The zero-order chi connectivity index (χ0) is 12.1. The summed E-state index contributed by atoms with van der Waals surface area (Å²) in [4.78, 5) is 8.64. The van der Waals surface area contributed by atoms with Gasteiger partial charge in [0.15, 0.2) is 0 Å². The molecule has 0 unspecified atom stereocenters. The second-order valence-corrected chi connectivity index (χ2v) is 5.81. The molecule has 0 fully saturated rings. The Bertz CT molecular complexity index is 482. The lowest BCUT2D eigenvalue weighted by Gasteiger charge is -2.05. The molecule has 0 aliphatic carbocycles. The van der Waals surface area contributed by atoms with Gasteiger partial charge in [0.1, 0.15) is 12.1 Å². The number of thioether (sulfide) groups is 1. The van der Waals surface area contributed by atoms with E-state index in [1.54, 1.807) is 17.7 Å². The molecule has 0 spiro atoms. The van der Waals surface area contributed by atoms with Gasteiger partial charge in [-0.15, -0.1) is 11.3 Å². The molecule has 0 saturated carbocycles. The quantitative estimate of drug-likeness (QED) is 0.812. The number of rotatable bonds is 6. The summed E-state index contributed by atoms with van der Waals surface area (Å²) in [7, 11) is 0. The van der Waals surface area contributed by atoms with Gasteiger partial charge >= 0.3 is 0 Å². The van der Waals surface area contributed by atoms with Gasteiger partial charge in [0, 0.05) is 6.54 Å². The number of hydrogen-bond donors (Lipinski definition) is 1. The van der Waals surface area contributed by atoms with Crippen LogP contribution in [0.5, 0.6) is 0 Å². The summed E-state index contributed by atoms with van der Waals surface area (Å²) in [5.41, 5.74) is 2.31. The molecule has 0 saturated heterocycles. The largest absolute Gasteiger partial charge is 0.369 e. The fourth-order valence-corrected chi connectivity index (χ4v) is 3.13. The van der Waals surface area contributed by atoms with E-state index in [0.717, 1.165) is 17.9 Å². The van der Waals surface area contributed by atoms with Crippen LogP contribution in [0.25, 0.3) is 10.2 Å². The van der Waals surface area contributed by atoms with Gasteiger partial charge in [-0.3, -0.25) is 0 Å². The molecule has 17 heavy (non-hydrogen) atoms. The maximum atomic E-state index is 4.32. The van der Waals surface area contributed by atoms with Gasteiger partial charge in [0.2, 0.25) is 0 Å². The van der Waals surface area contributed by atoms with Gasteiger partial charge in [0.25, 0.3) is 0 Å². The van der Waals surface area contributed by atoms with Crippen LogP contribution in [-0.2, 0) is 0 Å². The summed E-state index contributed by atoms with van der Waals surface area (Å²) in [5, 5.41) is 5.55. The highest BCUT2D eigenvalue weighted by Crippen LogP contribution is 2.28. The highest BCUT2D eigenvalue weighted by atomic mass is 32.2. The van der Waals surface area contributed by atoms with Gasteiger partial charge in [-0.2, -0.15) is 11.8 Å². The predicted molar refractivity (Wildman–Crippen MR) is 78.3 cm³/mol. The van der Waals surface area contributed by atoms with E-state index in [1.165, 1.54) is 28.9 Å². The zero-order valence-electron chi connectivity index (χ0n) is 10.2. The van der Waals surface area contributed by atoms with Crippen LogP contribution in [0, 0.1) is 6.92 Å². The van der Waals surface area contributed by atoms with Crippen molar-refractivity contribution in [3.8, 4) is 0 Å². The lowest BCUT2D eigenvalue weighted by Crippen LogP contribution is -2.04. The third-order valence-electron chi connectivity index (χ3n) is 2.60. The molecule has 0 atom stereocenters. The number of hydrogen-bond acceptors (Lipinski definition) is 5. The molecule has 0 aromatic carbocycles. The molecule has 92 valence electrons. The van der Waals surface area contributed by atoms with Crippen LogP contribution in [0.4, 0.5) is 5.82 Å². The highest BCUT2D eigenvalue weighted by Gasteiger charge is 2.06. The Hall–Kier alpha value is -0.810. The molecule has 0 radical (unpaired) electrons. The van der Waals surface area contributed by atoms with Crippen molar-refractivity contribution in [2.45, 2.75) is 19.8 Å². The van der Waals surface area contributed by atoms with Gasteiger partial charge < -0.3 is 5.32 Å². The molecule has 3 nitrogen and oxygen atoms in total. The van der Waals surface area contributed by atoms with Crippen LogP contribution in [-0.4, -0.2) is 28.5 Å². The third-order valence-corrected chi connectivity index (χ3v) is 4.39. The first-order valence-corrected chi connectivity index (χ1v) is 8.02. The number of fused-ring (bicyclic) bond motifs is 1. The molecule has 2 rings (SSSR count). The van der Waals surface area contributed by atoms with Gasteiger partial charge in [-0.05, 0) is 42.7 Å². The van der Waals surface area contributed by atoms with E-state index >= 15 is 0 Å². The van der Waals surface area contributed by atoms with Crippen molar-refractivity contribution in [2.75, 3.05) is 23.9 Å². The summed E-state index contributed by atoms with van der Waals surface area (Å²) in [6.45, 7) is 3.08. The van der Waals surface area contributed by atoms with Crippen LogP contribution in [0.1, 0.15) is 18.4 Å². The minimum absolute atomic E-state index is 0.984. The molecule has 0 aliphatic rings. The molecule has 0 bridgehead atoms. The normalized spacial score (nSPS) is 10.9. The SMILES string of the molecule is CSCCCCNc1ncnc2c(C)csc12. The van der Waals surface area contributed by atoms with Crippen molar-refractivity contribution >= 4 is 39.1 Å². The van der Waals surface area contributed by atoms with Crippen molar-refractivity contribution in [3.05, 3.63) is 17.3 Å². The van der Waals surface area contributed by atoms with E-state index in [2.05, 4.69) is 33.8 Å². The topological polar surface area (TPSA) is 37.8 Å². The zero-order valence-corrected chi connectivity index (χ0v) is 11.8. The Labute approximate surface area is 110 Å². The minimum atomic E-state index is 0.984. The standard InChI is InChI=1S/C12H17N3S2/c1-9-7-17-11-10(9)14-8-15-12(11)13-5-3-4-6-16-2/h7-8H,3-6H2,1-2H3,(H,13,14,15). The molecule has 0 aliphatic heterocycles. The number of aromatic nitrogens is 2. The molecular formula is C12H17N3S2. The molecule has 2 aromatic rings. The lowest BCUT2D eigenvalue weighted by molar-refractivity contribution is 0.840. The number of unbranched alkanes of at least 4 members (excludes halogenated alkanes) is 1. The molecule has 5 heteroatoms. The van der Waals surface area contributed by atoms with Gasteiger partial charge in [-0.25, -0.2) is 9.97 Å². The van der Waals surface area contributed by atoms with Gasteiger partial charge in [-0.1, -0.05) is 0 Å².